The van der Waals surface area contributed by atoms with Crippen LogP contribution in [-0.2, 0) is 4.79 Å². The first-order valence-corrected chi connectivity index (χ1v) is 10.3. The van der Waals surface area contributed by atoms with Gasteiger partial charge in [-0.25, -0.2) is 0 Å². The third-order valence-electron chi connectivity index (χ3n) is 5.43. The van der Waals surface area contributed by atoms with E-state index in [1.165, 1.54) is 14.2 Å². The van der Waals surface area contributed by atoms with E-state index in [4.69, 9.17) is 14.2 Å². The number of ketones is 1. The molecule has 0 aliphatic carbocycles. The molecule has 1 aliphatic rings. The number of carbonyl (C=O) groups is 3. The van der Waals surface area contributed by atoms with Gasteiger partial charge in [-0.3, -0.25) is 14.4 Å². The summed E-state index contributed by atoms with van der Waals surface area (Å²) in [6.45, 7) is 2.72. The molecule has 2 aromatic rings. The zero-order valence-corrected chi connectivity index (χ0v) is 18.1. The van der Waals surface area contributed by atoms with E-state index in [9.17, 15) is 14.4 Å². The van der Waals surface area contributed by atoms with Gasteiger partial charge in [0.2, 0.25) is 0 Å². The number of esters is 1. The molecule has 7 heteroatoms. The summed E-state index contributed by atoms with van der Waals surface area (Å²) in [7, 11) is 3.07. The molecule has 164 valence electrons. The molecule has 0 atom stereocenters. The number of carbonyl (C=O) groups excluding carboxylic acids is 3. The first kappa shape index (κ1) is 22.3. The second kappa shape index (κ2) is 10.1. The van der Waals surface area contributed by atoms with Crippen molar-refractivity contribution in [2.45, 2.75) is 26.2 Å². The van der Waals surface area contributed by atoms with E-state index >= 15 is 0 Å². The first-order valence-electron chi connectivity index (χ1n) is 10.3. The van der Waals surface area contributed by atoms with Crippen molar-refractivity contribution in [2.24, 2.45) is 5.92 Å². The second-order valence-electron chi connectivity index (χ2n) is 7.39. The van der Waals surface area contributed by atoms with E-state index in [2.05, 4.69) is 0 Å². The van der Waals surface area contributed by atoms with Crippen molar-refractivity contribution in [3.05, 3.63) is 53.6 Å². The third-order valence-corrected chi connectivity index (χ3v) is 5.43. The zero-order chi connectivity index (χ0) is 22.4. The van der Waals surface area contributed by atoms with Crippen LogP contribution in [-0.4, -0.2) is 49.9 Å². The van der Waals surface area contributed by atoms with Gasteiger partial charge in [0.15, 0.2) is 5.78 Å². The molecule has 1 aliphatic heterocycles. The van der Waals surface area contributed by atoms with E-state index in [0.29, 0.717) is 60.7 Å². The van der Waals surface area contributed by atoms with Crippen LogP contribution in [0, 0.1) is 5.92 Å². The molecule has 0 spiro atoms. The topological polar surface area (TPSA) is 82.1 Å². The predicted molar refractivity (Wildman–Crippen MR) is 115 cm³/mol. The average molecular weight is 425 g/mol. The van der Waals surface area contributed by atoms with Crippen LogP contribution in [0.5, 0.6) is 17.2 Å². The SMILES string of the molecule is CCC(=O)c1ccc(OC(=O)C2CCN(C(=O)c3cc(OC)cc(OC)c3)CC2)cc1. The number of Topliss-reactive ketones (excluding diaryl/α,β-unsaturated/α-hetero) is 1. The fraction of sp³-hybridized carbons (Fsp3) is 0.375. The van der Waals surface area contributed by atoms with Gasteiger partial charge in [0.25, 0.3) is 5.91 Å². The molecule has 1 fully saturated rings. The third kappa shape index (κ3) is 5.42. The van der Waals surface area contributed by atoms with Gasteiger partial charge in [-0.05, 0) is 49.2 Å². The molecule has 31 heavy (non-hydrogen) atoms. The molecule has 0 N–H and O–H groups in total. The minimum absolute atomic E-state index is 0.0450. The van der Waals surface area contributed by atoms with Crippen molar-refractivity contribution in [1.82, 2.24) is 4.90 Å². The van der Waals surface area contributed by atoms with Crippen LogP contribution in [0.15, 0.2) is 42.5 Å². The van der Waals surface area contributed by atoms with Gasteiger partial charge >= 0.3 is 5.97 Å². The summed E-state index contributed by atoms with van der Waals surface area (Å²) in [5.41, 5.74) is 1.09. The van der Waals surface area contributed by atoms with E-state index in [-0.39, 0.29) is 23.6 Å². The lowest BCUT2D eigenvalue weighted by Gasteiger charge is -2.31. The minimum atomic E-state index is -0.315. The summed E-state index contributed by atoms with van der Waals surface area (Å²) < 4.78 is 15.9. The van der Waals surface area contributed by atoms with Crippen molar-refractivity contribution in [3.8, 4) is 17.2 Å². The number of benzene rings is 2. The van der Waals surface area contributed by atoms with Gasteiger partial charge in [-0.1, -0.05) is 6.92 Å². The minimum Gasteiger partial charge on any atom is -0.497 e. The standard InChI is InChI=1S/C24H27NO6/c1-4-22(26)16-5-7-19(8-6-16)31-24(28)17-9-11-25(12-10-17)23(27)18-13-20(29-2)15-21(14-18)30-3/h5-8,13-15,17H,4,9-12H2,1-3H3. The Kier molecular flexibility index (Phi) is 7.28. The molecule has 0 bridgehead atoms. The Morgan fingerprint density at radius 3 is 1.97 bits per heavy atom. The maximum absolute atomic E-state index is 12.9. The highest BCUT2D eigenvalue weighted by Gasteiger charge is 2.29. The van der Waals surface area contributed by atoms with Crippen molar-refractivity contribution in [2.75, 3.05) is 27.3 Å². The van der Waals surface area contributed by atoms with Crippen LogP contribution in [0.2, 0.25) is 0 Å². The molecule has 2 aromatic carbocycles. The van der Waals surface area contributed by atoms with Gasteiger partial charge in [0.05, 0.1) is 20.1 Å². The van der Waals surface area contributed by atoms with Crippen LogP contribution in [0.3, 0.4) is 0 Å². The van der Waals surface area contributed by atoms with Crippen molar-refractivity contribution < 1.29 is 28.6 Å². The molecule has 0 aromatic heterocycles. The summed E-state index contributed by atoms with van der Waals surface area (Å²) in [5, 5.41) is 0. The van der Waals surface area contributed by atoms with Crippen molar-refractivity contribution >= 4 is 17.7 Å². The highest BCUT2D eigenvalue weighted by atomic mass is 16.5. The highest BCUT2D eigenvalue weighted by molar-refractivity contribution is 5.96. The Bertz CT molecular complexity index is 923. The zero-order valence-electron chi connectivity index (χ0n) is 18.1. The number of methoxy groups -OCH3 is 2. The number of piperidine rings is 1. The Labute approximate surface area is 181 Å². The van der Waals surface area contributed by atoms with E-state index in [1.807, 2.05) is 0 Å². The molecular formula is C24H27NO6. The van der Waals surface area contributed by atoms with E-state index < -0.39 is 0 Å². The molecule has 0 saturated carbocycles. The second-order valence-corrected chi connectivity index (χ2v) is 7.39. The van der Waals surface area contributed by atoms with Crippen LogP contribution in [0.4, 0.5) is 0 Å². The number of hydrogen-bond acceptors (Lipinski definition) is 6. The monoisotopic (exact) mass is 425 g/mol. The summed E-state index contributed by atoms with van der Waals surface area (Å²) in [4.78, 5) is 38.8. The smallest absolute Gasteiger partial charge is 0.314 e. The molecular weight excluding hydrogens is 398 g/mol. The van der Waals surface area contributed by atoms with Crippen LogP contribution >= 0.6 is 0 Å². The summed E-state index contributed by atoms with van der Waals surface area (Å²) in [5.74, 6) is 0.842. The fourth-order valence-electron chi connectivity index (χ4n) is 3.54. The largest absolute Gasteiger partial charge is 0.497 e. The van der Waals surface area contributed by atoms with Gasteiger partial charge in [-0.15, -0.1) is 0 Å². The summed E-state index contributed by atoms with van der Waals surface area (Å²) >= 11 is 0. The Balaban J connectivity index is 1.57. The lowest BCUT2D eigenvalue weighted by atomic mass is 9.96. The number of likely N-dealkylation sites (tertiary alicyclic amines) is 1. The van der Waals surface area contributed by atoms with Crippen LogP contribution in [0.25, 0.3) is 0 Å². The maximum Gasteiger partial charge on any atom is 0.314 e. The van der Waals surface area contributed by atoms with Crippen LogP contribution < -0.4 is 14.2 Å². The van der Waals surface area contributed by atoms with Crippen molar-refractivity contribution in [1.29, 1.82) is 0 Å². The molecule has 3 rings (SSSR count). The first-order chi connectivity index (χ1) is 14.9. The number of amides is 1. The highest BCUT2D eigenvalue weighted by Crippen LogP contribution is 2.26. The number of hydrogen-bond donors (Lipinski definition) is 0. The number of nitrogens with zero attached hydrogens (tertiary/aromatic N) is 1. The fourth-order valence-corrected chi connectivity index (χ4v) is 3.54. The van der Waals surface area contributed by atoms with E-state index in [0.717, 1.165) is 0 Å². The average Bonchev–Trinajstić information content (AvgIpc) is 2.83. The normalized spacial score (nSPS) is 14.1. The molecule has 0 unspecified atom stereocenters. The van der Waals surface area contributed by atoms with Gasteiger partial charge in [0, 0.05) is 36.7 Å². The van der Waals surface area contributed by atoms with Gasteiger partial charge in [0.1, 0.15) is 17.2 Å². The molecule has 1 amide bonds. The lowest BCUT2D eigenvalue weighted by Crippen LogP contribution is -2.41. The Hall–Kier alpha value is -3.35. The number of ether oxygens (including phenoxy) is 3. The molecule has 0 radical (unpaired) electrons. The maximum atomic E-state index is 12.9. The molecule has 1 saturated heterocycles. The van der Waals surface area contributed by atoms with Crippen LogP contribution in [0.1, 0.15) is 46.9 Å². The number of rotatable bonds is 7. The predicted octanol–water partition coefficient (Wildman–Crippen LogP) is 3.75. The molecule has 7 nitrogen and oxygen atoms in total. The van der Waals surface area contributed by atoms with Gasteiger partial charge in [-0.2, -0.15) is 0 Å². The molecule has 1 heterocycles. The Morgan fingerprint density at radius 1 is 0.871 bits per heavy atom. The van der Waals surface area contributed by atoms with Gasteiger partial charge < -0.3 is 19.1 Å². The van der Waals surface area contributed by atoms with E-state index in [1.54, 1.807) is 54.3 Å². The summed E-state index contributed by atoms with van der Waals surface area (Å²) in [6.07, 6.45) is 1.48. The quantitative estimate of drug-likeness (QED) is 0.382. The van der Waals surface area contributed by atoms with Crippen molar-refractivity contribution in [3.63, 3.8) is 0 Å². The summed E-state index contributed by atoms with van der Waals surface area (Å²) in [6, 6.07) is 11.7. The lowest BCUT2D eigenvalue weighted by molar-refractivity contribution is -0.140. The Morgan fingerprint density at radius 2 is 1.45 bits per heavy atom.